The van der Waals surface area contributed by atoms with Crippen LogP contribution in [0.25, 0.3) is 0 Å². The van der Waals surface area contributed by atoms with E-state index in [2.05, 4.69) is 0 Å². The summed E-state index contributed by atoms with van der Waals surface area (Å²) in [4.78, 5) is 0. The van der Waals surface area contributed by atoms with E-state index in [1.54, 1.807) is 0 Å². The molecule has 2 N–H and O–H groups in total. The van der Waals surface area contributed by atoms with E-state index in [9.17, 15) is 10.2 Å². The van der Waals surface area contributed by atoms with Crippen molar-refractivity contribution in [2.24, 2.45) is 0 Å². The van der Waals surface area contributed by atoms with Crippen LogP contribution in [0.4, 0.5) is 0 Å². The first kappa shape index (κ1) is 13.9. The van der Waals surface area contributed by atoms with Crippen molar-refractivity contribution in [3.8, 4) is 0 Å². The van der Waals surface area contributed by atoms with Crippen LogP contribution in [0.15, 0.2) is 30.3 Å². The highest BCUT2D eigenvalue weighted by atomic mass is 16.7. The van der Waals surface area contributed by atoms with Gasteiger partial charge in [-0.25, -0.2) is 0 Å². The Morgan fingerprint density at radius 2 is 1.85 bits per heavy atom. The summed E-state index contributed by atoms with van der Waals surface area (Å²) in [7, 11) is 1.41. The van der Waals surface area contributed by atoms with Crippen LogP contribution in [0.2, 0.25) is 0 Å². The smallest absolute Gasteiger partial charge is 0.186 e. The van der Waals surface area contributed by atoms with Crippen molar-refractivity contribution in [3.05, 3.63) is 35.9 Å². The van der Waals surface area contributed by atoms with Crippen molar-refractivity contribution in [1.29, 1.82) is 0 Å². The van der Waals surface area contributed by atoms with Gasteiger partial charge in [-0.3, -0.25) is 0 Å². The molecule has 6 nitrogen and oxygen atoms in total. The van der Waals surface area contributed by atoms with Gasteiger partial charge in [-0.15, -0.1) is 0 Å². The maximum atomic E-state index is 10.1. The molecule has 0 spiro atoms. The molecule has 6 atom stereocenters. The van der Waals surface area contributed by atoms with E-state index in [1.165, 1.54) is 7.11 Å². The zero-order chi connectivity index (χ0) is 14.1. The van der Waals surface area contributed by atoms with Crippen LogP contribution in [0, 0.1) is 0 Å². The quantitative estimate of drug-likeness (QED) is 0.806. The standard InChI is InChI=1S/C14H18O6/c1-17-14-11(16)10(15)12-9(19-14)7-18-13(20-12)8-5-3-2-4-6-8/h2-6,9-16H,7H2,1H3/t9-,10-,11+,12-,13-,14+/m0/s1. The van der Waals surface area contributed by atoms with E-state index in [0.717, 1.165) is 5.56 Å². The Kier molecular flexibility index (Phi) is 4.02. The third-order valence-corrected chi connectivity index (χ3v) is 3.64. The fourth-order valence-electron chi connectivity index (χ4n) is 2.55. The van der Waals surface area contributed by atoms with E-state index >= 15 is 0 Å². The van der Waals surface area contributed by atoms with Gasteiger partial charge in [0.25, 0.3) is 0 Å². The molecular formula is C14H18O6. The van der Waals surface area contributed by atoms with Gasteiger partial charge in [0.15, 0.2) is 12.6 Å². The van der Waals surface area contributed by atoms with Gasteiger partial charge >= 0.3 is 0 Å². The summed E-state index contributed by atoms with van der Waals surface area (Å²) in [5, 5.41) is 20.1. The van der Waals surface area contributed by atoms with Crippen LogP contribution in [0.1, 0.15) is 11.9 Å². The molecule has 0 aliphatic carbocycles. The summed E-state index contributed by atoms with van der Waals surface area (Å²) in [5.74, 6) is 0. The minimum absolute atomic E-state index is 0.272. The monoisotopic (exact) mass is 282 g/mol. The molecule has 2 saturated heterocycles. The Balaban J connectivity index is 1.74. The van der Waals surface area contributed by atoms with Gasteiger partial charge in [-0.2, -0.15) is 0 Å². The zero-order valence-electron chi connectivity index (χ0n) is 11.1. The second-order valence-electron chi connectivity index (χ2n) is 4.94. The molecule has 2 aliphatic heterocycles. The number of hydrogen-bond acceptors (Lipinski definition) is 6. The highest BCUT2D eigenvalue weighted by molar-refractivity contribution is 5.16. The summed E-state index contributed by atoms with van der Waals surface area (Å²) in [6.07, 6.45) is -4.76. The summed E-state index contributed by atoms with van der Waals surface area (Å²) >= 11 is 0. The largest absolute Gasteiger partial charge is 0.387 e. The zero-order valence-corrected chi connectivity index (χ0v) is 11.1. The molecule has 110 valence electrons. The lowest BCUT2D eigenvalue weighted by Gasteiger charge is -2.45. The molecule has 0 amide bonds. The van der Waals surface area contributed by atoms with Crippen LogP contribution in [-0.4, -0.2) is 54.6 Å². The molecule has 0 saturated carbocycles. The first-order valence-electron chi connectivity index (χ1n) is 6.57. The first-order chi connectivity index (χ1) is 9.70. The van der Waals surface area contributed by atoms with Crippen LogP contribution in [-0.2, 0) is 18.9 Å². The average molecular weight is 282 g/mol. The van der Waals surface area contributed by atoms with E-state index in [4.69, 9.17) is 18.9 Å². The lowest BCUT2D eigenvalue weighted by Crippen LogP contribution is -2.62. The maximum absolute atomic E-state index is 10.1. The number of aliphatic hydroxyl groups excluding tert-OH is 2. The van der Waals surface area contributed by atoms with E-state index in [1.807, 2.05) is 30.3 Å². The molecule has 0 aromatic heterocycles. The minimum atomic E-state index is -1.14. The molecule has 0 bridgehead atoms. The number of rotatable bonds is 2. The molecule has 2 fully saturated rings. The van der Waals surface area contributed by atoms with Crippen molar-refractivity contribution in [2.75, 3.05) is 13.7 Å². The van der Waals surface area contributed by atoms with Gasteiger partial charge < -0.3 is 29.2 Å². The molecule has 0 unspecified atom stereocenters. The fourth-order valence-corrected chi connectivity index (χ4v) is 2.55. The molecule has 6 heteroatoms. The first-order valence-corrected chi connectivity index (χ1v) is 6.57. The third kappa shape index (κ3) is 2.46. The van der Waals surface area contributed by atoms with Crippen molar-refractivity contribution < 1.29 is 29.2 Å². The Hall–Kier alpha value is -1.02. The molecule has 2 heterocycles. The number of aliphatic hydroxyl groups is 2. The topological polar surface area (TPSA) is 77.4 Å². The molecule has 3 rings (SSSR count). The summed E-state index contributed by atoms with van der Waals surface area (Å²) in [5.41, 5.74) is 0.863. The predicted molar refractivity (Wildman–Crippen MR) is 67.7 cm³/mol. The summed E-state index contributed by atoms with van der Waals surface area (Å²) in [6.45, 7) is 0.272. The SMILES string of the molecule is CO[C@@H]1O[C@H]2CO[C@H](c3ccccc3)O[C@@H]2[C@@H](O)[C@H]1O. The van der Waals surface area contributed by atoms with Gasteiger partial charge in [-0.05, 0) is 0 Å². The van der Waals surface area contributed by atoms with Crippen LogP contribution >= 0.6 is 0 Å². The number of benzene rings is 1. The predicted octanol–water partition coefficient (Wildman–Crippen LogP) is 0.194. The highest BCUT2D eigenvalue weighted by Gasteiger charge is 2.48. The summed E-state index contributed by atoms with van der Waals surface area (Å²) < 4.78 is 21.9. The average Bonchev–Trinajstić information content (AvgIpc) is 2.51. The van der Waals surface area contributed by atoms with Gasteiger partial charge in [0.2, 0.25) is 0 Å². The second kappa shape index (κ2) is 5.77. The fraction of sp³-hybridized carbons (Fsp3) is 0.571. The Labute approximate surface area is 116 Å². The lowest BCUT2D eigenvalue weighted by atomic mass is 9.98. The molecule has 20 heavy (non-hydrogen) atoms. The molecule has 0 radical (unpaired) electrons. The lowest BCUT2D eigenvalue weighted by molar-refractivity contribution is -0.358. The van der Waals surface area contributed by atoms with Gasteiger partial charge in [-0.1, -0.05) is 30.3 Å². The van der Waals surface area contributed by atoms with Gasteiger partial charge in [0.05, 0.1) is 6.61 Å². The summed E-state index contributed by atoms with van der Waals surface area (Å²) in [6, 6.07) is 9.45. The highest BCUT2D eigenvalue weighted by Crippen LogP contribution is 2.33. The second-order valence-corrected chi connectivity index (χ2v) is 4.94. The number of ether oxygens (including phenoxy) is 4. The molecule has 1 aromatic carbocycles. The van der Waals surface area contributed by atoms with Crippen molar-refractivity contribution in [3.63, 3.8) is 0 Å². The van der Waals surface area contributed by atoms with Gasteiger partial charge in [0.1, 0.15) is 24.4 Å². The van der Waals surface area contributed by atoms with Crippen LogP contribution < -0.4 is 0 Å². The van der Waals surface area contributed by atoms with Crippen molar-refractivity contribution >= 4 is 0 Å². The molecule has 1 aromatic rings. The van der Waals surface area contributed by atoms with Gasteiger partial charge in [0, 0.05) is 12.7 Å². The van der Waals surface area contributed by atoms with E-state index in [0.29, 0.717) is 0 Å². The minimum Gasteiger partial charge on any atom is -0.387 e. The Morgan fingerprint density at radius 1 is 1.10 bits per heavy atom. The van der Waals surface area contributed by atoms with Crippen LogP contribution in [0.3, 0.4) is 0 Å². The van der Waals surface area contributed by atoms with Crippen molar-refractivity contribution in [1.82, 2.24) is 0 Å². The number of fused-ring (bicyclic) bond motifs is 1. The normalized spacial score (nSPS) is 41.1. The van der Waals surface area contributed by atoms with E-state index in [-0.39, 0.29) is 6.61 Å². The number of methoxy groups -OCH3 is 1. The molecule has 2 aliphatic rings. The molecular weight excluding hydrogens is 264 g/mol. The van der Waals surface area contributed by atoms with Crippen LogP contribution in [0.5, 0.6) is 0 Å². The maximum Gasteiger partial charge on any atom is 0.186 e. The van der Waals surface area contributed by atoms with Crippen molar-refractivity contribution in [2.45, 2.75) is 37.0 Å². The Morgan fingerprint density at radius 3 is 2.55 bits per heavy atom. The van der Waals surface area contributed by atoms with E-state index < -0.39 is 37.0 Å². The number of hydrogen-bond donors (Lipinski definition) is 2. The third-order valence-electron chi connectivity index (χ3n) is 3.64. The Bertz CT molecular complexity index is 437.